The maximum Gasteiger partial charge on any atom is 0.290 e. The Balaban J connectivity index is 1.37. The third-order valence-electron chi connectivity index (χ3n) is 4.73. The van der Waals surface area contributed by atoms with Gasteiger partial charge in [-0.25, -0.2) is 14.6 Å². The number of halogens is 1. The van der Waals surface area contributed by atoms with E-state index in [1.807, 2.05) is 44.2 Å². The molecule has 0 saturated heterocycles. The molecule has 0 unspecified atom stereocenters. The van der Waals surface area contributed by atoms with E-state index in [-0.39, 0.29) is 11.7 Å². The molecule has 2 heterocycles. The number of carbonyl (C=O) groups is 1. The predicted octanol–water partition coefficient (Wildman–Crippen LogP) is 3.71. The number of amides is 1. The van der Waals surface area contributed by atoms with E-state index in [9.17, 15) is 4.79 Å². The Kier molecular flexibility index (Phi) is 5.31. The standard InChI is InChI=1S/C21H21ClN6O/c1-14-24-18-6-3-4-7-19(18)27(14)13-5-12-23-21(29)20-25-15(2)28(26-20)17-10-8-16(22)9-11-17/h3-4,6-11H,5,12-13H2,1-2H3,(H,23,29). The highest BCUT2D eigenvalue weighted by Crippen LogP contribution is 2.16. The molecule has 8 heteroatoms. The summed E-state index contributed by atoms with van der Waals surface area (Å²) < 4.78 is 3.80. The van der Waals surface area contributed by atoms with Crippen molar-refractivity contribution in [3.63, 3.8) is 0 Å². The first kappa shape index (κ1) is 19.1. The lowest BCUT2D eigenvalue weighted by molar-refractivity contribution is 0.0942. The lowest BCUT2D eigenvalue weighted by atomic mass is 10.3. The molecule has 0 aliphatic rings. The predicted molar refractivity (Wildman–Crippen MR) is 113 cm³/mol. The summed E-state index contributed by atoms with van der Waals surface area (Å²) in [6, 6.07) is 15.3. The van der Waals surface area contributed by atoms with Gasteiger partial charge in [0, 0.05) is 18.1 Å². The fourth-order valence-corrected chi connectivity index (χ4v) is 3.44. The number of carbonyl (C=O) groups excluding carboxylic acids is 1. The van der Waals surface area contributed by atoms with E-state index in [2.05, 4.69) is 31.0 Å². The van der Waals surface area contributed by atoms with Crippen LogP contribution in [0.3, 0.4) is 0 Å². The van der Waals surface area contributed by atoms with Gasteiger partial charge < -0.3 is 9.88 Å². The van der Waals surface area contributed by atoms with Crippen molar-refractivity contribution < 1.29 is 4.79 Å². The van der Waals surface area contributed by atoms with Crippen LogP contribution < -0.4 is 5.32 Å². The molecular formula is C21H21ClN6O. The van der Waals surface area contributed by atoms with Crippen LogP contribution in [0, 0.1) is 13.8 Å². The minimum Gasteiger partial charge on any atom is -0.349 e. The largest absolute Gasteiger partial charge is 0.349 e. The number of nitrogens with one attached hydrogen (secondary N) is 1. The first-order valence-electron chi connectivity index (χ1n) is 9.42. The highest BCUT2D eigenvalue weighted by Gasteiger charge is 2.15. The van der Waals surface area contributed by atoms with Crippen molar-refractivity contribution in [2.45, 2.75) is 26.8 Å². The van der Waals surface area contributed by atoms with E-state index in [0.29, 0.717) is 17.4 Å². The van der Waals surface area contributed by atoms with Crippen molar-refractivity contribution >= 4 is 28.5 Å². The summed E-state index contributed by atoms with van der Waals surface area (Å²) in [5.74, 6) is 1.48. The Bertz CT molecular complexity index is 1160. The second-order valence-corrected chi connectivity index (χ2v) is 7.22. The van der Waals surface area contributed by atoms with Crippen LogP contribution in [-0.2, 0) is 6.54 Å². The highest BCUT2D eigenvalue weighted by atomic mass is 35.5. The summed E-state index contributed by atoms with van der Waals surface area (Å²) in [6.07, 6.45) is 0.782. The maximum atomic E-state index is 12.4. The Labute approximate surface area is 173 Å². The van der Waals surface area contributed by atoms with Crippen LogP contribution in [0.1, 0.15) is 28.7 Å². The summed E-state index contributed by atoms with van der Waals surface area (Å²) >= 11 is 5.93. The molecule has 4 aromatic rings. The van der Waals surface area contributed by atoms with E-state index in [1.165, 1.54) is 0 Å². The molecule has 0 fully saturated rings. The minimum absolute atomic E-state index is 0.154. The molecule has 0 aliphatic heterocycles. The van der Waals surface area contributed by atoms with Crippen LogP contribution in [0.25, 0.3) is 16.7 Å². The van der Waals surface area contributed by atoms with Crippen LogP contribution >= 0.6 is 11.6 Å². The lowest BCUT2D eigenvalue weighted by Gasteiger charge is -2.07. The van der Waals surface area contributed by atoms with Gasteiger partial charge in [-0.3, -0.25) is 4.79 Å². The second-order valence-electron chi connectivity index (χ2n) is 6.78. The quantitative estimate of drug-likeness (QED) is 0.493. The van der Waals surface area contributed by atoms with E-state index in [4.69, 9.17) is 11.6 Å². The van der Waals surface area contributed by atoms with Crippen molar-refractivity contribution in [2.24, 2.45) is 0 Å². The summed E-state index contributed by atoms with van der Waals surface area (Å²) in [4.78, 5) is 21.3. The van der Waals surface area contributed by atoms with Gasteiger partial charge in [0.1, 0.15) is 11.6 Å². The van der Waals surface area contributed by atoms with Crippen LogP contribution in [-0.4, -0.2) is 36.8 Å². The number of nitrogens with zero attached hydrogens (tertiary/aromatic N) is 5. The van der Waals surface area contributed by atoms with Gasteiger partial charge >= 0.3 is 0 Å². The Hall–Kier alpha value is -3.19. The molecule has 0 aliphatic carbocycles. The van der Waals surface area contributed by atoms with Crippen molar-refractivity contribution in [1.82, 2.24) is 29.6 Å². The van der Waals surface area contributed by atoms with Crippen LogP contribution in [0.5, 0.6) is 0 Å². The summed E-state index contributed by atoms with van der Waals surface area (Å²) in [6.45, 7) is 5.11. The van der Waals surface area contributed by atoms with Gasteiger partial charge in [-0.2, -0.15) is 0 Å². The van der Waals surface area contributed by atoms with Gasteiger partial charge in [0.05, 0.1) is 16.7 Å². The van der Waals surface area contributed by atoms with Crippen LogP contribution in [0.15, 0.2) is 48.5 Å². The minimum atomic E-state index is -0.284. The molecule has 7 nitrogen and oxygen atoms in total. The molecule has 2 aromatic heterocycles. The van der Waals surface area contributed by atoms with Gasteiger partial charge in [0.25, 0.3) is 5.91 Å². The normalized spacial score (nSPS) is 11.1. The number of para-hydroxylation sites is 2. The molecule has 0 radical (unpaired) electrons. The molecule has 29 heavy (non-hydrogen) atoms. The number of aromatic nitrogens is 5. The van der Waals surface area contributed by atoms with Crippen molar-refractivity contribution in [1.29, 1.82) is 0 Å². The Morgan fingerprint density at radius 3 is 2.59 bits per heavy atom. The average molecular weight is 409 g/mol. The van der Waals surface area contributed by atoms with Crippen molar-refractivity contribution in [3.05, 3.63) is 71.0 Å². The Morgan fingerprint density at radius 1 is 1.03 bits per heavy atom. The number of imidazole rings is 1. The fraction of sp³-hybridized carbons (Fsp3) is 0.238. The third kappa shape index (κ3) is 4.00. The van der Waals surface area contributed by atoms with E-state index in [0.717, 1.165) is 35.5 Å². The molecule has 0 spiro atoms. The van der Waals surface area contributed by atoms with Gasteiger partial charge in [0.2, 0.25) is 5.82 Å². The molecule has 0 atom stereocenters. The number of benzene rings is 2. The molecule has 148 valence electrons. The van der Waals surface area contributed by atoms with Gasteiger partial charge in [-0.15, -0.1) is 5.10 Å². The zero-order valence-electron chi connectivity index (χ0n) is 16.3. The van der Waals surface area contributed by atoms with Gasteiger partial charge in [-0.1, -0.05) is 23.7 Å². The lowest BCUT2D eigenvalue weighted by Crippen LogP contribution is -2.26. The first-order chi connectivity index (χ1) is 14.0. The molecule has 1 N–H and O–H groups in total. The van der Waals surface area contributed by atoms with Crippen LogP contribution in [0.4, 0.5) is 0 Å². The summed E-state index contributed by atoms with van der Waals surface area (Å²) in [5.41, 5.74) is 2.90. The van der Waals surface area contributed by atoms with Crippen molar-refractivity contribution in [2.75, 3.05) is 6.54 Å². The summed E-state index contributed by atoms with van der Waals surface area (Å²) in [7, 11) is 0. The number of rotatable bonds is 6. The molecule has 0 bridgehead atoms. The molecule has 1 amide bonds. The molecule has 4 rings (SSSR count). The van der Waals surface area contributed by atoms with E-state index < -0.39 is 0 Å². The number of fused-ring (bicyclic) bond motifs is 1. The average Bonchev–Trinajstić information content (AvgIpc) is 3.25. The molecule has 0 saturated carbocycles. The smallest absolute Gasteiger partial charge is 0.290 e. The topological polar surface area (TPSA) is 77.6 Å². The zero-order valence-corrected chi connectivity index (χ0v) is 17.0. The second kappa shape index (κ2) is 8.05. The zero-order chi connectivity index (χ0) is 20.4. The highest BCUT2D eigenvalue weighted by molar-refractivity contribution is 6.30. The molecular weight excluding hydrogens is 388 g/mol. The monoisotopic (exact) mass is 408 g/mol. The van der Waals surface area contributed by atoms with E-state index >= 15 is 0 Å². The fourth-order valence-electron chi connectivity index (χ4n) is 3.31. The van der Waals surface area contributed by atoms with E-state index in [1.54, 1.807) is 16.8 Å². The van der Waals surface area contributed by atoms with Gasteiger partial charge in [-0.05, 0) is 56.7 Å². The van der Waals surface area contributed by atoms with Gasteiger partial charge in [0.15, 0.2) is 0 Å². The SMILES string of the molecule is Cc1nc(C(=O)NCCCn2c(C)nc3ccccc32)nn1-c1ccc(Cl)cc1. The van der Waals surface area contributed by atoms with Crippen LogP contribution in [0.2, 0.25) is 5.02 Å². The molecule has 2 aromatic carbocycles. The number of aryl methyl sites for hydroxylation is 3. The Morgan fingerprint density at radius 2 is 1.79 bits per heavy atom. The first-order valence-corrected chi connectivity index (χ1v) is 9.80. The maximum absolute atomic E-state index is 12.4. The van der Waals surface area contributed by atoms with Crippen molar-refractivity contribution in [3.8, 4) is 5.69 Å². The summed E-state index contributed by atoms with van der Waals surface area (Å²) in [5, 5.41) is 7.87. The number of hydrogen-bond acceptors (Lipinski definition) is 4. The number of hydrogen-bond donors (Lipinski definition) is 1. The third-order valence-corrected chi connectivity index (χ3v) is 4.98.